The van der Waals surface area contributed by atoms with E-state index in [1.54, 1.807) is 6.92 Å². The van der Waals surface area contributed by atoms with Crippen LogP contribution in [0.3, 0.4) is 0 Å². The monoisotopic (exact) mass is 232 g/mol. The standard InChI is InChI=1S/C8H16N4O2S/c1-4-15(13,14)8-7(9)12(11-10-8)5-6(2)3/h6H,4-5,9H2,1-3H3. The van der Waals surface area contributed by atoms with Crippen LogP contribution in [0.15, 0.2) is 5.03 Å². The molecule has 1 aromatic heterocycles. The highest BCUT2D eigenvalue weighted by Gasteiger charge is 2.22. The number of nitrogens with zero attached hydrogens (tertiary/aromatic N) is 3. The fourth-order valence-corrected chi connectivity index (χ4v) is 2.00. The zero-order valence-corrected chi connectivity index (χ0v) is 9.95. The van der Waals surface area contributed by atoms with E-state index in [0.717, 1.165) is 0 Å². The van der Waals surface area contributed by atoms with Gasteiger partial charge in [0.2, 0.25) is 14.9 Å². The Morgan fingerprint density at radius 3 is 2.53 bits per heavy atom. The van der Waals surface area contributed by atoms with Crippen molar-refractivity contribution in [2.45, 2.75) is 32.3 Å². The first-order valence-corrected chi connectivity index (χ1v) is 6.45. The van der Waals surface area contributed by atoms with E-state index in [4.69, 9.17) is 5.73 Å². The highest BCUT2D eigenvalue weighted by atomic mass is 32.2. The SMILES string of the molecule is CCS(=O)(=O)c1nnn(CC(C)C)c1N. The fourth-order valence-electron chi connectivity index (χ4n) is 1.14. The van der Waals surface area contributed by atoms with Gasteiger partial charge >= 0.3 is 0 Å². The van der Waals surface area contributed by atoms with Crippen molar-refractivity contribution >= 4 is 15.7 Å². The van der Waals surface area contributed by atoms with Gasteiger partial charge in [-0.3, -0.25) is 0 Å². The predicted molar refractivity (Wildman–Crippen MR) is 57.0 cm³/mol. The largest absolute Gasteiger partial charge is 0.381 e. The van der Waals surface area contributed by atoms with Crippen LogP contribution >= 0.6 is 0 Å². The fraction of sp³-hybridized carbons (Fsp3) is 0.750. The quantitative estimate of drug-likeness (QED) is 0.806. The van der Waals surface area contributed by atoms with E-state index in [9.17, 15) is 8.42 Å². The molecule has 0 fully saturated rings. The highest BCUT2D eigenvalue weighted by Crippen LogP contribution is 2.16. The Kier molecular flexibility index (Phi) is 3.33. The van der Waals surface area contributed by atoms with Crippen molar-refractivity contribution in [2.75, 3.05) is 11.5 Å². The summed E-state index contributed by atoms with van der Waals surface area (Å²) < 4.78 is 24.5. The number of hydrogen-bond acceptors (Lipinski definition) is 5. The van der Waals surface area contributed by atoms with Gasteiger partial charge in [0, 0.05) is 6.54 Å². The zero-order chi connectivity index (χ0) is 11.6. The van der Waals surface area contributed by atoms with Crippen LogP contribution in [-0.4, -0.2) is 29.2 Å². The van der Waals surface area contributed by atoms with Crippen molar-refractivity contribution in [3.8, 4) is 0 Å². The normalized spacial score (nSPS) is 12.3. The lowest BCUT2D eigenvalue weighted by molar-refractivity contribution is 0.477. The Morgan fingerprint density at radius 1 is 1.47 bits per heavy atom. The van der Waals surface area contributed by atoms with E-state index >= 15 is 0 Å². The van der Waals surface area contributed by atoms with E-state index in [-0.39, 0.29) is 16.6 Å². The lowest BCUT2D eigenvalue weighted by atomic mass is 10.2. The first kappa shape index (κ1) is 12.0. The van der Waals surface area contributed by atoms with Crippen molar-refractivity contribution < 1.29 is 8.42 Å². The molecule has 0 bridgehead atoms. The first-order valence-electron chi connectivity index (χ1n) is 4.80. The van der Waals surface area contributed by atoms with Crippen molar-refractivity contribution in [3.05, 3.63) is 0 Å². The van der Waals surface area contributed by atoms with Gasteiger partial charge in [0.15, 0.2) is 5.82 Å². The molecule has 7 heteroatoms. The Hall–Kier alpha value is -1.11. The van der Waals surface area contributed by atoms with Gasteiger partial charge in [0.05, 0.1) is 5.75 Å². The van der Waals surface area contributed by atoms with Crippen molar-refractivity contribution in [2.24, 2.45) is 5.92 Å². The van der Waals surface area contributed by atoms with Gasteiger partial charge in [-0.2, -0.15) is 0 Å². The molecule has 0 saturated carbocycles. The molecule has 0 unspecified atom stereocenters. The second kappa shape index (κ2) is 4.18. The third-order valence-corrected chi connectivity index (χ3v) is 3.59. The topological polar surface area (TPSA) is 90.9 Å². The van der Waals surface area contributed by atoms with Crippen LogP contribution in [0.2, 0.25) is 0 Å². The van der Waals surface area contributed by atoms with Crippen LogP contribution in [0.25, 0.3) is 0 Å². The van der Waals surface area contributed by atoms with E-state index in [1.807, 2.05) is 13.8 Å². The van der Waals surface area contributed by atoms with Crippen LogP contribution in [0, 0.1) is 5.92 Å². The Bertz CT molecular complexity index is 435. The molecule has 0 amide bonds. The molecule has 0 aliphatic heterocycles. The number of anilines is 1. The van der Waals surface area contributed by atoms with Gasteiger partial charge in [0.25, 0.3) is 0 Å². The third-order valence-electron chi connectivity index (χ3n) is 1.95. The third kappa shape index (κ3) is 2.47. The molecule has 0 aliphatic carbocycles. The number of hydrogen-bond donors (Lipinski definition) is 1. The maximum atomic E-state index is 11.5. The number of aromatic nitrogens is 3. The predicted octanol–water partition coefficient (Wildman–Crippen LogP) is 0.310. The van der Waals surface area contributed by atoms with Crippen LogP contribution in [0.4, 0.5) is 5.82 Å². The molecule has 1 heterocycles. The van der Waals surface area contributed by atoms with E-state index in [1.165, 1.54) is 4.68 Å². The molecule has 1 rings (SSSR count). The average molecular weight is 232 g/mol. The summed E-state index contributed by atoms with van der Waals surface area (Å²) in [5.74, 6) is 0.453. The summed E-state index contributed by atoms with van der Waals surface area (Å²) in [5.41, 5.74) is 5.67. The molecule has 0 aliphatic rings. The molecule has 0 spiro atoms. The lowest BCUT2D eigenvalue weighted by Gasteiger charge is -2.05. The zero-order valence-electron chi connectivity index (χ0n) is 9.14. The summed E-state index contributed by atoms with van der Waals surface area (Å²) in [6.45, 7) is 6.11. The molecule has 0 saturated heterocycles. The van der Waals surface area contributed by atoms with Crippen LogP contribution in [-0.2, 0) is 16.4 Å². The Balaban J connectivity index is 3.10. The average Bonchev–Trinajstić information content (AvgIpc) is 2.48. The summed E-state index contributed by atoms with van der Waals surface area (Å²) in [4.78, 5) is 0. The molecule has 1 aromatic rings. The molecule has 0 radical (unpaired) electrons. The maximum absolute atomic E-state index is 11.5. The van der Waals surface area contributed by atoms with E-state index in [2.05, 4.69) is 10.3 Å². The highest BCUT2D eigenvalue weighted by molar-refractivity contribution is 7.91. The molecular weight excluding hydrogens is 216 g/mol. The maximum Gasteiger partial charge on any atom is 0.220 e. The molecule has 86 valence electrons. The summed E-state index contributed by atoms with van der Waals surface area (Å²) >= 11 is 0. The number of nitrogens with two attached hydrogens (primary N) is 1. The molecular formula is C8H16N4O2S. The summed E-state index contributed by atoms with van der Waals surface area (Å²) in [6.07, 6.45) is 0. The van der Waals surface area contributed by atoms with Crippen molar-refractivity contribution in [1.29, 1.82) is 0 Å². The molecule has 0 atom stereocenters. The Morgan fingerprint density at radius 2 is 2.07 bits per heavy atom. The van der Waals surface area contributed by atoms with E-state index < -0.39 is 9.84 Å². The number of nitrogen functional groups attached to an aromatic ring is 1. The molecule has 2 N–H and O–H groups in total. The minimum absolute atomic E-state index is 0.0163. The van der Waals surface area contributed by atoms with Gasteiger partial charge in [-0.25, -0.2) is 13.1 Å². The van der Waals surface area contributed by atoms with Gasteiger partial charge < -0.3 is 5.73 Å². The molecule has 15 heavy (non-hydrogen) atoms. The minimum atomic E-state index is -3.36. The molecule has 6 nitrogen and oxygen atoms in total. The minimum Gasteiger partial charge on any atom is -0.381 e. The summed E-state index contributed by atoms with van der Waals surface area (Å²) in [7, 11) is -3.36. The molecule has 0 aromatic carbocycles. The van der Waals surface area contributed by atoms with Gasteiger partial charge in [-0.15, -0.1) is 5.10 Å². The van der Waals surface area contributed by atoms with Crippen LogP contribution in [0.5, 0.6) is 0 Å². The van der Waals surface area contributed by atoms with Gasteiger partial charge in [-0.1, -0.05) is 26.0 Å². The Labute approximate surface area is 89.4 Å². The van der Waals surface area contributed by atoms with Crippen LogP contribution in [0.1, 0.15) is 20.8 Å². The number of rotatable bonds is 4. The van der Waals surface area contributed by atoms with Gasteiger partial charge in [-0.05, 0) is 5.92 Å². The number of sulfone groups is 1. The summed E-state index contributed by atoms with van der Waals surface area (Å²) in [6, 6.07) is 0. The van der Waals surface area contributed by atoms with Gasteiger partial charge in [0.1, 0.15) is 0 Å². The lowest BCUT2D eigenvalue weighted by Crippen LogP contribution is -2.11. The second-order valence-corrected chi connectivity index (χ2v) is 5.95. The smallest absolute Gasteiger partial charge is 0.220 e. The second-order valence-electron chi connectivity index (χ2n) is 3.76. The van der Waals surface area contributed by atoms with Crippen molar-refractivity contribution in [1.82, 2.24) is 15.0 Å². The first-order chi connectivity index (χ1) is 6.88. The summed E-state index contributed by atoms with van der Waals surface area (Å²) in [5, 5.41) is 7.24. The van der Waals surface area contributed by atoms with E-state index in [0.29, 0.717) is 12.5 Å². The van der Waals surface area contributed by atoms with Crippen LogP contribution < -0.4 is 5.73 Å². The van der Waals surface area contributed by atoms with Crippen molar-refractivity contribution in [3.63, 3.8) is 0 Å².